The van der Waals surface area contributed by atoms with Gasteiger partial charge in [-0.15, -0.1) is 0 Å². The summed E-state index contributed by atoms with van der Waals surface area (Å²) in [6.45, 7) is 3.04. The molecular weight excluding hydrogens is 432 g/mol. The van der Waals surface area contributed by atoms with Crippen molar-refractivity contribution in [2.24, 2.45) is 11.7 Å². The standard InChI is InChI=1S/C25H32N6O3/c1-14(15-4-6-16(7-5-15)23(32)28(2)3)30-19-10-22(25(30)34)29(12-19)13-20(27)24(33)31-18(11-26)8-17-9-21(17)31/h4-7,14,17-22H,8-10,12-13,27H2,1-3H3/t14-,17?,18+,19-,20+,21+,22-/m1/s1. The van der Waals surface area contributed by atoms with Crippen molar-refractivity contribution in [2.45, 2.75) is 62.4 Å². The van der Waals surface area contributed by atoms with Crippen molar-refractivity contribution < 1.29 is 14.4 Å². The molecule has 0 aromatic heterocycles. The van der Waals surface area contributed by atoms with Crippen LogP contribution in [0.4, 0.5) is 0 Å². The normalized spacial score (nSPS) is 31.3. The molecule has 34 heavy (non-hydrogen) atoms. The first-order valence-corrected chi connectivity index (χ1v) is 12.1. The van der Waals surface area contributed by atoms with E-state index < -0.39 is 6.04 Å². The van der Waals surface area contributed by atoms with Crippen LogP contribution in [0.15, 0.2) is 24.3 Å². The fourth-order valence-electron chi connectivity index (χ4n) is 6.13. The molecule has 4 aliphatic rings. The summed E-state index contributed by atoms with van der Waals surface area (Å²) in [4.78, 5) is 45.6. The van der Waals surface area contributed by atoms with Gasteiger partial charge < -0.3 is 20.4 Å². The van der Waals surface area contributed by atoms with Crippen LogP contribution in [0.2, 0.25) is 0 Å². The summed E-state index contributed by atoms with van der Waals surface area (Å²) >= 11 is 0. The average Bonchev–Trinajstić information content (AvgIpc) is 3.15. The molecule has 0 radical (unpaired) electrons. The zero-order valence-corrected chi connectivity index (χ0v) is 19.9. The Balaban J connectivity index is 1.21. The Morgan fingerprint density at radius 1 is 1.21 bits per heavy atom. The molecular formula is C25H32N6O3. The molecule has 3 aliphatic heterocycles. The maximum absolute atomic E-state index is 13.3. The minimum atomic E-state index is -0.727. The number of likely N-dealkylation sites (tertiary alicyclic amines) is 3. The first kappa shape index (κ1) is 22.8. The number of amides is 3. The summed E-state index contributed by atoms with van der Waals surface area (Å²) < 4.78 is 0. The van der Waals surface area contributed by atoms with Crippen LogP contribution < -0.4 is 5.73 Å². The molecule has 180 valence electrons. The van der Waals surface area contributed by atoms with E-state index in [0.717, 1.165) is 24.8 Å². The molecule has 1 aromatic carbocycles. The largest absolute Gasteiger partial charge is 0.345 e. The lowest BCUT2D eigenvalue weighted by molar-refractivity contribution is -0.141. The van der Waals surface area contributed by atoms with Crippen molar-refractivity contribution in [3.05, 3.63) is 35.4 Å². The van der Waals surface area contributed by atoms with E-state index in [0.29, 0.717) is 24.6 Å². The second kappa shape index (κ2) is 8.36. The number of nitriles is 1. The molecule has 9 nitrogen and oxygen atoms in total. The molecule has 7 atom stereocenters. The van der Waals surface area contributed by atoms with Gasteiger partial charge in [-0.05, 0) is 49.8 Å². The second-order valence-electron chi connectivity index (χ2n) is 10.4. The topological polar surface area (TPSA) is 114 Å². The molecule has 3 saturated heterocycles. The number of benzene rings is 1. The van der Waals surface area contributed by atoms with Crippen molar-refractivity contribution in [3.63, 3.8) is 0 Å². The fourth-order valence-corrected chi connectivity index (χ4v) is 6.13. The summed E-state index contributed by atoms with van der Waals surface area (Å²) in [5.41, 5.74) is 7.91. The van der Waals surface area contributed by atoms with E-state index in [1.807, 2.05) is 28.9 Å². The predicted octanol–water partition coefficient (Wildman–Crippen LogP) is 0.575. The van der Waals surface area contributed by atoms with Gasteiger partial charge in [-0.2, -0.15) is 5.26 Å². The molecule has 3 heterocycles. The van der Waals surface area contributed by atoms with Gasteiger partial charge in [-0.25, -0.2) is 0 Å². The third kappa shape index (κ3) is 3.65. The third-order valence-electron chi connectivity index (χ3n) is 8.03. The highest BCUT2D eigenvalue weighted by molar-refractivity contribution is 5.94. The molecule has 2 bridgehead atoms. The van der Waals surface area contributed by atoms with E-state index >= 15 is 0 Å². The number of hydrogen-bond donors (Lipinski definition) is 1. The van der Waals surface area contributed by atoms with Crippen molar-refractivity contribution in [1.82, 2.24) is 19.6 Å². The number of hydrogen-bond acceptors (Lipinski definition) is 6. The molecule has 2 N–H and O–H groups in total. The van der Waals surface area contributed by atoms with Gasteiger partial charge in [0.05, 0.1) is 24.2 Å². The van der Waals surface area contributed by atoms with E-state index in [-0.39, 0.29) is 47.9 Å². The number of carbonyl (C=O) groups is 3. The summed E-state index contributed by atoms with van der Waals surface area (Å²) in [6, 6.07) is 8.48. The lowest BCUT2D eigenvalue weighted by Gasteiger charge is -2.38. The molecule has 1 unspecified atom stereocenters. The van der Waals surface area contributed by atoms with Crippen LogP contribution in [0, 0.1) is 17.2 Å². The molecule has 5 rings (SSSR count). The van der Waals surface area contributed by atoms with E-state index in [9.17, 15) is 19.6 Å². The molecule has 9 heteroatoms. The highest BCUT2D eigenvalue weighted by Crippen LogP contribution is 2.48. The van der Waals surface area contributed by atoms with Gasteiger partial charge in [0.25, 0.3) is 5.91 Å². The van der Waals surface area contributed by atoms with Gasteiger partial charge in [0.1, 0.15) is 6.04 Å². The van der Waals surface area contributed by atoms with Crippen LogP contribution in [-0.2, 0) is 9.59 Å². The Morgan fingerprint density at radius 3 is 2.53 bits per heavy atom. The molecule has 1 saturated carbocycles. The zero-order chi connectivity index (χ0) is 24.3. The number of rotatable bonds is 6. The van der Waals surface area contributed by atoms with Crippen molar-refractivity contribution in [2.75, 3.05) is 27.2 Å². The molecule has 3 amide bonds. The second-order valence-corrected chi connectivity index (χ2v) is 10.4. The fraction of sp³-hybridized carbons (Fsp3) is 0.600. The average molecular weight is 465 g/mol. The summed E-state index contributed by atoms with van der Waals surface area (Å²) in [7, 11) is 3.44. The summed E-state index contributed by atoms with van der Waals surface area (Å²) in [6.07, 6.45) is 2.46. The smallest absolute Gasteiger partial charge is 0.253 e. The quantitative estimate of drug-likeness (QED) is 0.659. The molecule has 1 aromatic rings. The van der Waals surface area contributed by atoms with Crippen molar-refractivity contribution >= 4 is 17.7 Å². The van der Waals surface area contributed by atoms with Gasteiger partial charge in [0, 0.05) is 44.8 Å². The maximum atomic E-state index is 13.3. The first-order valence-electron chi connectivity index (χ1n) is 12.1. The van der Waals surface area contributed by atoms with Crippen LogP contribution >= 0.6 is 0 Å². The van der Waals surface area contributed by atoms with Crippen LogP contribution in [0.1, 0.15) is 48.1 Å². The van der Waals surface area contributed by atoms with Crippen LogP contribution in [0.25, 0.3) is 0 Å². The molecule has 4 fully saturated rings. The molecule has 0 spiro atoms. The highest BCUT2D eigenvalue weighted by atomic mass is 16.2. The maximum Gasteiger partial charge on any atom is 0.253 e. The van der Waals surface area contributed by atoms with Gasteiger partial charge in [-0.1, -0.05) is 12.1 Å². The SMILES string of the molecule is C[C@H](c1ccc(C(=O)N(C)C)cc1)N1C(=O)[C@H]2C[C@@H]1CN2C[C@H](N)C(=O)N1[C@H](C#N)CC2C[C@@H]21. The monoisotopic (exact) mass is 464 g/mol. The number of carbonyl (C=O) groups excluding carboxylic acids is 3. The number of piperidine rings is 1. The van der Waals surface area contributed by atoms with Gasteiger partial charge >= 0.3 is 0 Å². The first-order chi connectivity index (χ1) is 16.2. The number of fused-ring (bicyclic) bond motifs is 3. The number of nitrogens with two attached hydrogens (primary N) is 1. The summed E-state index contributed by atoms with van der Waals surface area (Å²) in [5.74, 6) is 0.305. The van der Waals surface area contributed by atoms with Gasteiger partial charge in [0.15, 0.2) is 0 Å². The third-order valence-corrected chi connectivity index (χ3v) is 8.03. The minimum absolute atomic E-state index is 0.0516. The Hall–Kier alpha value is -2.96. The Kier molecular flexibility index (Phi) is 5.61. The van der Waals surface area contributed by atoms with E-state index in [2.05, 4.69) is 6.07 Å². The lowest BCUT2D eigenvalue weighted by atomic mass is 10.0. The van der Waals surface area contributed by atoms with Crippen LogP contribution in [0.5, 0.6) is 0 Å². The van der Waals surface area contributed by atoms with Gasteiger partial charge in [-0.3, -0.25) is 19.3 Å². The van der Waals surface area contributed by atoms with Crippen molar-refractivity contribution in [3.8, 4) is 6.07 Å². The minimum Gasteiger partial charge on any atom is -0.345 e. The van der Waals surface area contributed by atoms with E-state index in [4.69, 9.17) is 5.73 Å². The number of nitrogens with zero attached hydrogens (tertiary/aromatic N) is 5. The Bertz CT molecular complexity index is 1050. The van der Waals surface area contributed by atoms with E-state index in [1.165, 1.54) is 0 Å². The highest BCUT2D eigenvalue weighted by Gasteiger charge is 2.56. The van der Waals surface area contributed by atoms with Crippen LogP contribution in [-0.4, -0.2) is 94.7 Å². The lowest BCUT2D eigenvalue weighted by Crippen LogP contribution is -2.57. The zero-order valence-electron chi connectivity index (χ0n) is 19.9. The Morgan fingerprint density at radius 2 is 1.91 bits per heavy atom. The Labute approximate surface area is 200 Å². The van der Waals surface area contributed by atoms with Crippen molar-refractivity contribution in [1.29, 1.82) is 5.26 Å². The predicted molar refractivity (Wildman–Crippen MR) is 124 cm³/mol. The molecule has 1 aliphatic carbocycles. The van der Waals surface area contributed by atoms with Gasteiger partial charge in [0.2, 0.25) is 11.8 Å². The van der Waals surface area contributed by atoms with Crippen LogP contribution in [0.3, 0.4) is 0 Å². The summed E-state index contributed by atoms with van der Waals surface area (Å²) in [5, 5.41) is 9.39. The van der Waals surface area contributed by atoms with E-state index in [1.54, 1.807) is 36.0 Å². The number of piperazine rings is 1.